The Labute approximate surface area is 174 Å². The number of hydrogen-bond donors (Lipinski definition) is 1. The average molecular weight is 402 g/mol. The van der Waals surface area contributed by atoms with Crippen LogP contribution in [-0.4, -0.2) is 35.4 Å². The third kappa shape index (κ3) is 6.51. The van der Waals surface area contributed by atoms with Gasteiger partial charge in [-0.1, -0.05) is 19.9 Å². The van der Waals surface area contributed by atoms with E-state index in [2.05, 4.69) is 24.3 Å². The first-order valence-electron chi connectivity index (χ1n) is 10.5. The van der Waals surface area contributed by atoms with Crippen LogP contribution >= 0.6 is 0 Å². The van der Waals surface area contributed by atoms with Crippen LogP contribution in [0.4, 0.5) is 0 Å². The summed E-state index contributed by atoms with van der Waals surface area (Å²) in [5, 5.41) is 7.62. The summed E-state index contributed by atoms with van der Waals surface area (Å²) in [6.07, 6.45) is 1.10. The second kappa shape index (κ2) is 10.9. The Morgan fingerprint density at radius 2 is 1.83 bits per heavy atom. The summed E-state index contributed by atoms with van der Waals surface area (Å²) < 4.78 is 13.3. The zero-order valence-electron chi connectivity index (χ0n) is 18.7. The Balaban J connectivity index is 1.92. The summed E-state index contributed by atoms with van der Waals surface area (Å²) in [4.78, 5) is 12.5. The number of rotatable bonds is 11. The molecule has 0 radical (unpaired) electrons. The summed E-state index contributed by atoms with van der Waals surface area (Å²) in [5.41, 5.74) is 4.16. The first-order chi connectivity index (χ1) is 13.8. The van der Waals surface area contributed by atoms with Crippen LogP contribution in [0.1, 0.15) is 50.2 Å². The van der Waals surface area contributed by atoms with Crippen molar-refractivity contribution in [2.75, 3.05) is 19.8 Å². The van der Waals surface area contributed by atoms with Crippen LogP contribution < -0.4 is 14.8 Å². The fourth-order valence-corrected chi connectivity index (χ4v) is 3.33. The van der Waals surface area contributed by atoms with Crippen molar-refractivity contribution in [3.05, 3.63) is 40.7 Å². The van der Waals surface area contributed by atoms with Gasteiger partial charge >= 0.3 is 0 Å². The molecule has 1 N–H and O–H groups in total. The number of ether oxygens (including phenoxy) is 2. The van der Waals surface area contributed by atoms with Gasteiger partial charge in [-0.05, 0) is 57.7 Å². The average Bonchev–Trinajstić information content (AvgIpc) is 2.91. The molecule has 2 rings (SSSR count). The van der Waals surface area contributed by atoms with Gasteiger partial charge in [0.05, 0.1) is 25.3 Å². The predicted octanol–water partition coefficient (Wildman–Crippen LogP) is 3.85. The Bertz CT molecular complexity index is 812. The molecule has 0 bridgehead atoms. The van der Waals surface area contributed by atoms with E-state index in [-0.39, 0.29) is 5.91 Å². The van der Waals surface area contributed by atoms with Crippen molar-refractivity contribution in [1.82, 2.24) is 15.1 Å². The van der Waals surface area contributed by atoms with Gasteiger partial charge in [0.1, 0.15) is 0 Å². The smallest absolute Gasteiger partial charge is 0.224 e. The maximum absolute atomic E-state index is 12.5. The van der Waals surface area contributed by atoms with Crippen LogP contribution in [0.2, 0.25) is 0 Å². The Morgan fingerprint density at radius 3 is 2.48 bits per heavy atom. The number of nitrogens with zero attached hydrogens (tertiary/aromatic N) is 2. The molecular weight excluding hydrogens is 366 g/mol. The van der Waals surface area contributed by atoms with E-state index in [9.17, 15) is 4.79 Å². The fraction of sp³-hybridized carbons (Fsp3) is 0.565. The molecular formula is C23H35N3O3. The highest BCUT2D eigenvalue weighted by Crippen LogP contribution is 2.28. The monoisotopic (exact) mass is 401 g/mol. The molecule has 160 valence electrons. The maximum Gasteiger partial charge on any atom is 0.224 e. The molecule has 0 fully saturated rings. The number of aryl methyl sites for hydroxylation is 1. The quantitative estimate of drug-likeness (QED) is 0.621. The zero-order valence-corrected chi connectivity index (χ0v) is 18.7. The van der Waals surface area contributed by atoms with Crippen LogP contribution in [0.15, 0.2) is 18.2 Å². The summed E-state index contributed by atoms with van der Waals surface area (Å²) >= 11 is 0. The molecule has 1 amide bonds. The minimum Gasteiger partial charge on any atom is -0.490 e. The molecule has 0 saturated carbocycles. The molecule has 1 aromatic heterocycles. The van der Waals surface area contributed by atoms with Gasteiger partial charge in [-0.3, -0.25) is 9.48 Å². The van der Waals surface area contributed by atoms with Crippen LogP contribution in [-0.2, 0) is 24.2 Å². The van der Waals surface area contributed by atoms with E-state index in [4.69, 9.17) is 9.47 Å². The highest BCUT2D eigenvalue weighted by Gasteiger charge is 2.15. The third-order valence-corrected chi connectivity index (χ3v) is 4.75. The molecule has 1 heterocycles. The molecule has 2 aromatic rings. The van der Waals surface area contributed by atoms with Crippen molar-refractivity contribution in [2.45, 2.75) is 60.9 Å². The zero-order chi connectivity index (χ0) is 21.4. The van der Waals surface area contributed by atoms with E-state index in [0.717, 1.165) is 47.0 Å². The lowest BCUT2D eigenvalue weighted by Crippen LogP contribution is -2.27. The van der Waals surface area contributed by atoms with Gasteiger partial charge in [-0.2, -0.15) is 5.10 Å². The molecule has 1 aromatic carbocycles. The highest BCUT2D eigenvalue weighted by atomic mass is 16.5. The van der Waals surface area contributed by atoms with Crippen LogP contribution in [0, 0.1) is 19.8 Å². The molecule has 29 heavy (non-hydrogen) atoms. The third-order valence-electron chi connectivity index (χ3n) is 4.75. The second-order valence-corrected chi connectivity index (χ2v) is 7.65. The van der Waals surface area contributed by atoms with E-state index in [1.165, 1.54) is 0 Å². The normalized spacial score (nSPS) is 11.0. The van der Waals surface area contributed by atoms with Crippen LogP contribution in [0.3, 0.4) is 0 Å². The van der Waals surface area contributed by atoms with Crippen LogP contribution in [0.5, 0.6) is 11.5 Å². The van der Waals surface area contributed by atoms with Gasteiger partial charge in [0.2, 0.25) is 5.91 Å². The molecule has 0 unspecified atom stereocenters. The topological polar surface area (TPSA) is 65.4 Å². The lowest BCUT2D eigenvalue weighted by Gasteiger charge is -2.13. The largest absolute Gasteiger partial charge is 0.490 e. The molecule has 0 saturated heterocycles. The van der Waals surface area contributed by atoms with Crippen molar-refractivity contribution in [1.29, 1.82) is 0 Å². The molecule has 0 atom stereocenters. The number of nitrogens with one attached hydrogen (secondary N) is 1. The number of carbonyl (C=O) groups is 1. The number of benzene rings is 1. The molecule has 0 aliphatic rings. The second-order valence-electron chi connectivity index (χ2n) is 7.65. The summed E-state index contributed by atoms with van der Waals surface area (Å²) in [7, 11) is 0. The predicted molar refractivity (Wildman–Crippen MR) is 116 cm³/mol. The van der Waals surface area contributed by atoms with Gasteiger partial charge in [0.25, 0.3) is 0 Å². The minimum absolute atomic E-state index is 0.0243. The Morgan fingerprint density at radius 1 is 1.14 bits per heavy atom. The number of amides is 1. The van der Waals surface area contributed by atoms with E-state index >= 15 is 0 Å². The van der Waals surface area contributed by atoms with E-state index < -0.39 is 0 Å². The van der Waals surface area contributed by atoms with Gasteiger partial charge in [-0.25, -0.2) is 0 Å². The van der Waals surface area contributed by atoms with E-state index in [1.807, 2.05) is 50.6 Å². The summed E-state index contributed by atoms with van der Waals surface area (Å²) in [5.74, 6) is 2.05. The van der Waals surface area contributed by atoms with Crippen molar-refractivity contribution in [2.24, 2.45) is 5.92 Å². The van der Waals surface area contributed by atoms with Gasteiger partial charge in [-0.15, -0.1) is 0 Å². The lowest BCUT2D eigenvalue weighted by molar-refractivity contribution is -0.120. The standard InChI is InChI=1S/C23H35N3O3/c1-7-28-21-10-9-19(13-22(21)29-8-2)11-12-24-23(27)14-20-17(5)25-26(18(20)6)15-16(3)4/h9-10,13,16H,7-8,11-12,14-15H2,1-6H3,(H,24,27). The van der Waals surface area contributed by atoms with Crippen molar-refractivity contribution >= 4 is 5.91 Å². The van der Waals surface area contributed by atoms with Crippen molar-refractivity contribution in [3.63, 3.8) is 0 Å². The number of hydrogen-bond acceptors (Lipinski definition) is 4. The van der Waals surface area contributed by atoms with E-state index in [0.29, 0.717) is 32.1 Å². The van der Waals surface area contributed by atoms with Gasteiger partial charge in [0.15, 0.2) is 11.5 Å². The van der Waals surface area contributed by atoms with Gasteiger partial charge in [0, 0.05) is 24.3 Å². The molecule has 6 heteroatoms. The summed E-state index contributed by atoms with van der Waals surface area (Å²) in [6.45, 7) is 14.9. The first-order valence-corrected chi connectivity index (χ1v) is 10.5. The fourth-order valence-electron chi connectivity index (χ4n) is 3.33. The van der Waals surface area contributed by atoms with Crippen molar-refractivity contribution in [3.8, 4) is 11.5 Å². The van der Waals surface area contributed by atoms with E-state index in [1.54, 1.807) is 0 Å². The molecule has 0 spiro atoms. The minimum atomic E-state index is 0.0243. The molecule has 0 aliphatic carbocycles. The van der Waals surface area contributed by atoms with Crippen molar-refractivity contribution < 1.29 is 14.3 Å². The lowest BCUT2D eigenvalue weighted by atomic mass is 10.1. The van der Waals surface area contributed by atoms with Crippen LogP contribution in [0.25, 0.3) is 0 Å². The summed E-state index contributed by atoms with van der Waals surface area (Å²) in [6, 6.07) is 5.94. The Kier molecular flexibility index (Phi) is 8.55. The molecule has 6 nitrogen and oxygen atoms in total. The van der Waals surface area contributed by atoms with Gasteiger partial charge < -0.3 is 14.8 Å². The number of carbonyl (C=O) groups excluding carboxylic acids is 1. The highest BCUT2D eigenvalue weighted by molar-refractivity contribution is 5.79. The number of aromatic nitrogens is 2. The molecule has 0 aliphatic heterocycles. The Hall–Kier alpha value is -2.50. The SMILES string of the molecule is CCOc1ccc(CCNC(=O)Cc2c(C)nn(CC(C)C)c2C)cc1OCC. The maximum atomic E-state index is 12.5. The first kappa shape index (κ1) is 22.8.